The Morgan fingerprint density at radius 3 is 2.82 bits per heavy atom. The van der Waals surface area contributed by atoms with Crippen molar-refractivity contribution in [2.75, 3.05) is 18.9 Å². The van der Waals surface area contributed by atoms with Crippen LogP contribution in [0.15, 0.2) is 5.10 Å². The van der Waals surface area contributed by atoms with Crippen molar-refractivity contribution in [2.45, 2.75) is 12.8 Å². The lowest BCUT2D eigenvalue weighted by molar-refractivity contribution is 0.259. The molecule has 7 heteroatoms. The van der Waals surface area contributed by atoms with Crippen LogP contribution in [0.2, 0.25) is 0 Å². The average Bonchev–Trinajstić information content (AvgIpc) is 2.76. The van der Waals surface area contributed by atoms with Crippen LogP contribution in [0.5, 0.6) is 0 Å². The highest BCUT2D eigenvalue weighted by molar-refractivity contribution is 5.88. The molecule has 0 aliphatic carbocycles. The normalized spacial score (nSPS) is 18.8. The molecular formula is C10H16N6O. The molecule has 2 rings (SSSR count). The first-order chi connectivity index (χ1) is 7.99. The number of nitrogens with zero attached hydrogens (tertiary/aromatic N) is 4. The first-order valence-corrected chi connectivity index (χ1v) is 5.34. The third-order valence-corrected chi connectivity index (χ3v) is 2.82. The van der Waals surface area contributed by atoms with E-state index in [1.165, 1.54) is 0 Å². The monoisotopic (exact) mass is 236 g/mol. The third-order valence-electron chi connectivity index (χ3n) is 2.82. The fourth-order valence-electron chi connectivity index (χ4n) is 2.02. The van der Waals surface area contributed by atoms with Crippen molar-refractivity contribution >= 4 is 18.1 Å². The molecular weight excluding hydrogens is 220 g/mol. The molecule has 1 aromatic rings. The summed E-state index contributed by atoms with van der Waals surface area (Å²) in [4.78, 5) is 10.9. The number of anilines is 1. The molecule has 1 unspecified atom stereocenters. The van der Waals surface area contributed by atoms with Gasteiger partial charge in [-0.15, -0.1) is 0 Å². The molecule has 92 valence electrons. The zero-order valence-electron chi connectivity index (χ0n) is 10.1. The summed E-state index contributed by atoms with van der Waals surface area (Å²) in [5.74, 6) is 0.796. The molecule has 2 heterocycles. The van der Waals surface area contributed by atoms with Crippen molar-refractivity contribution in [1.29, 1.82) is 0 Å². The van der Waals surface area contributed by atoms with Crippen LogP contribution < -0.4 is 11.1 Å². The highest BCUT2D eigenvalue weighted by atomic mass is 16.2. The summed E-state index contributed by atoms with van der Waals surface area (Å²) in [5.41, 5.74) is 6.97. The molecule has 0 fully saturated rings. The molecule has 0 radical (unpaired) electrons. The number of aromatic nitrogens is 2. The summed E-state index contributed by atoms with van der Waals surface area (Å²) >= 11 is 0. The van der Waals surface area contributed by atoms with Crippen LogP contribution >= 0.6 is 0 Å². The molecule has 7 nitrogen and oxygen atoms in total. The molecule has 1 atom stereocenters. The Morgan fingerprint density at radius 1 is 1.59 bits per heavy atom. The first-order valence-electron chi connectivity index (χ1n) is 5.34. The van der Waals surface area contributed by atoms with Gasteiger partial charge in [0.05, 0.1) is 11.6 Å². The smallest absolute Gasteiger partial charge is 0.317 e. The van der Waals surface area contributed by atoms with Crippen LogP contribution in [0, 0.1) is 6.92 Å². The fourth-order valence-corrected chi connectivity index (χ4v) is 2.02. The van der Waals surface area contributed by atoms with Gasteiger partial charge >= 0.3 is 6.03 Å². The summed E-state index contributed by atoms with van der Waals surface area (Å²) in [6, 6.07) is -0.583. The topological polar surface area (TPSA) is 88.5 Å². The Bertz CT molecular complexity index is 477. The van der Waals surface area contributed by atoms with Gasteiger partial charge in [-0.2, -0.15) is 10.2 Å². The molecule has 17 heavy (non-hydrogen) atoms. The van der Waals surface area contributed by atoms with Crippen LogP contribution in [0.3, 0.4) is 0 Å². The number of carbonyl (C=O) groups is 1. The van der Waals surface area contributed by atoms with E-state index in [1.54, 1.807) is 11.7 Å². The standard InChI is InChI=1S/C10H16N6O/c1-6-8(7-4-12-15(2)5-7)14-16(3)9(6)13-10(11)17/h4,7H,5H2,1-3H3,(H3,11,13,17). The maximum absolute atomic E-state index is 10.9. The number of nitrogens with two attached hydrogens (primary N) is 1. The zero-order chi connectivity index (χ0) is 12.6. The van der Waals surface area contributed by atoms with Gasteiger partial charge in [0.25, 0.3) is 0 Å². The van der Waals surface area contributed by atoms with Crippen molar-refractivity contribution in [3.63, 3.8) is 0 Å². The van der Waals surface area contributed by atoms with Gasteiger partial charge in [-0.1, -0.05) is 0 Å². The van der Waals surface area contributed by atoms with Crippen molar-refractivity contribution in [1.82, 2.24) is 14.8 Å². The molecule has 1 aliphatic rings. The van der Waals surface area contributed by atoms with Gasteiger partial charge < -0.3 is 5.73 Å². The lowest BCUT2D eigenvalue weighted by Gasteiger charge is -2.08. The van der Waals surface area contributed by atoms with Crippen LogP contribution in [0.25, 0.3) is 0 Å². The van der Waals surface area contributed by atoms with Crippen molar-refractivity contribution in [3.05, 3.63) is 11.3 Å². The molecule has 1 aromatic heterocycles. The summed E-state index contributed by atoms with van der Waals surface area (Å²) in [7, 11) is 3.69. The molecule has 2 amide bonds. The number of carbonyl (C=O) groups excluding carboxylic acids is 1. The number of aryl methyl sites for hydroxylation is 1. The second-order valence-electron chi connectivity index (χ2n) is 4.18. The van der Waals surface area contributed by atoms with Gasteiger partial charge in [-0.3, -0.25) is 15.0 Å². The predicted octanol–water partition coefficient (Wildman–Crippen LogP) is 0.234. The molecule has 0 aromatic carbocycles. The van der Waals surface area contributed by atoms with E-state index >= 15 is 0 Å². The van der Waals surface area contributed by atoms with E-state index in [9.17, 15) is 4.79 Å². The molecule has 0 saturated heterocycles. The number of urea groups is 1. The fraction of sp³-hybridized carbons (Fsp3) is 0.500. The maximum Gasteiger partial charge on any atom is 0.317 e. The minimum Gasteiger partial charge on any atom is -0.351 e. The van der Waals surface area contributed by atoms with Crippen molar-refractivity contribution in [3.8, 4) is 0 Å². The number of amides is 2. The minimum atomic E-state index is -0.583. The summed E-state index contributed by atoms with van der Waals surface area (Å²) < 4.78 is 1.63. The quantitative estimate of drug-likeness (QED) is 0.770. The number of likely N-dealkylation sites (N-methyl/N-ethyl adjacent to an activating group) is 1. The van der Waals surface area contributed by atoms with Gasteiger partial charge in [0, 0.05) is 32.4 Å². The van der Waals surface area contributed by atoms with Gasteiger partial charge in [-0.25, -0.2) is 4.79 Å². The van der Waals surface area contributed by atoms with Crippen LogP contribution in [0.1, 0.15) is 17.2 Å². The van der Waals surface area contributed by atoms with Crippen LogP contribution in [-0.4, -0.2) is 40.6 Å². The van der Waals surface area contributed by atoms with E-state index in [1.807, 2.05) is 25.2 Å². The van der Waals surface area contributed by atoms with Gasteiger partial charge in [0.2, 0.25) is 0 Å². The number of hydrogen-bond donors (Lipinski definition) is 2. The molecule has 0 saturated carbocycles. The van der Waals surface area contributed by atoms with Crippen LogP contribution in [-0.2, 0) is 7.05 Å². The number of nitrogens with one attached hydrogen (secondary N) is 1. The third kappa shape index (κ3) is 2.08. The van der Waals surface area contributed by atoms with E-state index in [-0.39, 0.29) is 5.92 Å². The highest BCUT2D eigenvalue weighted by Gasteiger charge is 2.24. The summed E-state index contributed by atoms with van der Waals surface area (Å²) in [6.45, 7) is 2.72. The lowest BCUT2D eigenvalue weighted by atomic mass is 10.0. The Balaban J connectivity index is 2.31. The van der Waals surface area contributed by atoms with Gasteiger partial charge in [0.15, 0.2) is 0 Å². The minimum absolute atomic E-state index is 0.162. The van der Waals surface area contributed by atoms with Gasteiger partial charge in [0.1, 0.15) is 5.82 Å². The van der Waals surface area contributed by atoms with E-state index < -0.39 is 6.03 Å². The van der Waals surface area contributed by atoms with Crippen molar-refractivity contribution < 1.29 is 4.79 Å². The largest absolute Gasteiger partial charge is 0.351 e. The Labute approximate surface area is 99.3 Å². The lowest BCUT2D eigenvalue weighted by Crippen LogP contribution is -2.21. The van der Waals surface area contributed by atoms with E-state index in [0.717, 1.165) is 17.8 Å². The summed E-state index contributed by atoms with van der Waals surface area (Å²) in [5, 5.41) is 13.0. The van der Waals surface area contributed by atoms with E-state index in [2.05, 4.69) is 15.5 Å². The Kier molecular flexibility index (Phi) is 2.74. The van der Waals surface area contributed by atoms with E-state index in [4.69, 9.17) is 5.73 Å². The maximum atomic E-state index is 10.9. The SMILES string of the molecule is Cc1c(C2C=NN(C)C2)nn(C)c1NC(N)=O. The number of hydrogen-bond acceptors (Lipinski definition) is 4. The van der Waals surface area contributed by atoms with Crippen LogP contribution in [0.4, 0.5) is 10.6 Å². The highest BCUT2D eigenvalue weighted by Crippen LogP contribution is 2.26. The summed E-state index contributed by atoms with van der Waals surface area (Å²) in [6.07, 6.45) is 1.86. The average molecular weight is 236 g/mol. The Morgan fingerprint density at radius 2 is 2.29 bits per heavy atom. The second-order valence-corrected chi connectivity index (χ2v) is 4.18. The molecule has 0 bridgehead atoms. The number of primary amides is 1. The number of hydrazone groups is 1. The molecule has 0 spiro atoms. The molecule has 3 N–H and O–H groups in total. The zero-order valence-corrected chi connectivity index (χ0v) is 10.1. The predicted molar refractivity (Wildman–Crippen MR) is 65.0 cm³/mol. The molecule has 1 aliphatic heterocycles. The number of rotatable bonds is 2. The second kappa shape index (κ2) is 4.08. The van der Waals surface area contributed by atoms with Gasteiger partial charge in [-0.05, 0) is 6.92 Å². The first kappa shape index (κ1) is 11.4. The van der Waals surface area contributed by atoms with Crippen molar-refractivity contribution in [2.24, 2.45) is 17.9 Å². The van der Waals surface area contributed by atoms with E-state index in [0.29, 0.717) is 5.82 Å². The Hall–Kier alpha value is -2.05.